The molecule has 1 aromatic carbocycles. The lowest BCUT2D eigenvalue weighted by Gasteiger charge is -1.98. The summed E-state index contributed by atoms with van der Waals surface area (Å²) in [5.74, 6) is 0. The monoisotopic (exact) mass is 261 g/mol. The van der Waals surface area contributed by atoms with Gasteiger partial charge in [-0.2, -0.15) is 0 Å². The first-order chi connectivity index (χ1) is 9.24. The van der Waals surface area contributed by atoms with Crippen molar-refractivity contribution in [2.24, 2.45) is 0 Å². The van der Waals surface area contributed by atoms with Crippen molar-refractivity contribution in [1.82, 2.24) is 0 Å². The van der Waals surface area contributed by atoms with E-state index in [1.807, 2.05) is 6.08 Å². The van der Waals surface area contributed by atoms with Gasteiger partial charge >= 0.3 is 0 Å². The fourth-order valence-corrected chi connectivity index (χ4v) is 1.97. The van der Waals surface area contributed by atoms with Gasteiger partial charge in [0.05, 0.1) is 4.92 Å². The smallest absolute Gasteiger partial charge is 0.258 e. The Morgan fingerprint density at radius 1 is 1.05 bits per heavy atom. The largest absolute Gasteiger partial charge is 0.269 e. The molecule has 0 aliphatic heterocycles. The average Bonchev–Trinajstić information content (AvgIpc) is 2.42. The van der Waals surface area contributed by atoms with Crippen LogP contribution in [0.15, 0.2) is 30.3 Å². The van der Waals surface area contributed by atoms with Crippen molar-refractivity contribution in [3.05, 3.63) is 46.0 Å². The highest BCUT2D eigenvalue weighted by molar-refractivity contribution is 5.51. The molecule has 3 heteroatoms. The molecule has 3 nitrogen and oxygen atoms in total. The number of nitro groups is 1. The molecule has 0 amide bonds. The topological polar surface area (TPSA) is 43.1 Å². The fourth-order valence-electron chi connectivity index (χ4n) is 1.97. The van der Waals surface area contributed by atoms with Gasteiger partial charge in [-0.05, 0) is 30.5 Å². The molecule has 0 N–H and O–H groups in total. The van der Waals surface area contributed by atoms with Gasteiger partial charge in [0.2, 0.25) is 0 Å². The average molecular weight is 261 g/mol. The van der Waals surface area contributed by atoms with E-state index < -0.39 is 0 Å². The minimum absolute atomic E-state index is 0.146. The minimum atomic E-state index is -0.371. The highest BCUT2D eigenvalue weighted by Crippen LogP contribution is 2.13. The van der Waals surface area contributed by atoms with Gasteiger partial charge in [-0.25, -0.2) is 0 Å². The van der Waals surface area contributed by atoms with Crippen LogP contribution in [0.25, 0.3) is 6.08 Å². The fraction of sp³-hybridized carbons (Fsp3) is 0.500. The zero-order chi connectivity index (χ0) is 13.9. The summed E-state index contributed by atoms with van der Waals surface area (Å²) < 4.78 is 0. The van der Waals surface area contributed by atoms with Crippen LogP contribution in [0.3, 0.4) is 0 Å². The molecule has 0 aromatic heterocycles. The molecule has 0 saturated heterocycles. The standard InChI is InChI=1S/C16H23NO2/c1-2-3-4-5-6-7-8-9-10-15-11-13-16(14-12-15)17(18)19/h9-14H,2-8H2,1H3/b10-9+. The molecule has 0 unspecified atom stereocenters. The Labute approximate surface area is 115 Å². The maximum absolute atomic E-state index is 10.5. The zero-order valence-corrected chi connectivity index (χ0v) is 11.7. The molecular formula is C16H23NO2. The van der Waals surface area contributed by atoms with Gasteiger partial charge in [-0.1, -0.05) is 51.2 Å². The maximum Gasteiger partial charge on any atom is 0.269 e. The van der Waals surface area contributed by atoms with Crippen LogP contribution >= 0.6 is 0 Å². The molecule has 19 heavy (non-hydrogen) atoms. The molecule has 1 rings (SSSR count). The van der Waals surface area contributed by atoms with Gasteiger partial charge < -0.3 is 0 Å². The minimum Gasteiger partial charge on any atom is -0.258 e. The predicted octanol–water partition coefficient (Wildman–Crippen LogP) is 5.36. The second-order valence-electron chi connectivity index (χ2n) is 4.81. The van der Waals surface area contributed by atoms with E-state index in [0.717, 1.165) is 12.0 Å². The molecule has 0 bridgehead atoms. The summed E-state index contributed by atoms with van der Waals surface area (Å²) in [5, 5.41) is 10.5. The maximum atomic E-state index is 10.5. The summed E-state index contributed by atoms with van der Waals surface area (Å²) in [5.41, 5.74) is 1.17. The van der Waals surface area contributed by atoms with Crippen LogP contribution < -0.4 is 0 Å². The first kappa shape index (κ1) is 15.4. The molecule has 0 heterocycles. The molecule has 0 fully saturated rings. The van der Waals surface area contributed by atoms with Crippen LogP contribution in [-0.4, -0.2) is 4.92 Å². The summed E-state index contributed by atoms with van der Waals surface area (Å²) in [6, 6.07) is 6.67. The summed E-state index contributed by atoms with van der Waals surface area (Å²) in [6.07, 6.45) is 13.1. The van der Waals surface area contributed by atoms with E-state index in [2.05, 4.69) is 13.0 Å². The summed E-state index contributed by atoms with van der Waals surface area (Å²) in [7, 11) is 0. The van der Waals surface area contributed by atoms with E-state index >= 15 is 0 Å². The molecular weight excluding hydrogens is 238 g/mol. The highest BCUT2D eigenvalue weighted by Gasteiger charge is 2.01. The quantitative estimate of drug-likeness (QED) is 0.341. The molecule has 0 atom stereocenters. The summed E-state index contributed by atoms with van der Waals surface area (Å²) in [6.45, 7) is 2.23. The van der Waals surface area contributed by atoms with Gasteiger partial charge in [0.1, 0.15) is 0 Å². The zero-order valence-electron chi connectivity index (χ0n) is 11.7. The van der Waals surface area contributed by atoms with Gasteiger partial charge in [0.25, 0.3) is 5.69 Å². The molecule has 0 aliphatic rings. The molecule has 0 radical (unpaired) electrons. The molecule has 104 valence electrons. The number of rotatable bonds is 9. The lowest BCUT2D eigenvalue weighted by atomic mass is 10.1. The number of nitro benzene ring substituents is 1. The highest BCUT2D eigenvalue weighted by atomic mass is 16.6. The third-order valence-electron chi connectivity index (χ3n) is 3.14. The molecule has 0 saturated carbocycles. The van der Waals surface area contributed by atoms with Crippen LogP contribution in [0.1, 0.15) is 57.4 Å². The summed E-state index contributed by atoms with van der Waals surface area (Å²) in [4.78, 5) is 10.1. The van der Waals surface area contributed by atoms with E-state index in [0.29, 0.717) is 0 Å². The third-order valence-corrected chi connectivity index (χ3v) is 3.14. The predicted molar refractivity (Wildman–Crippen MR) is 80.1 cm³/mol. The van der Waals surface area contributed by atoms with Crippen molar-refractivity contribution in [3.8, 4) is 0 Å². The molecule has 0 aliphatic carbocycles. The van der Waals surface area contributed by atoms with E-state index in [9.17, 15) is 10.1 Å². The second-order valence-corrected chi connectivity index (χ2v) is 4.81. The van der Waals surface area contributed by atoms with Crippen molar-refractivity contribution in [2.75, 3.05) is 0 Å². The number of unbranched alkanes of at least 4 members (excludes halogenated alkanes) is 6. The second kappa shape index (κ2) is 9.31. The number of benzene rings is 1. The van der Waals surface area contributed by atoms with Crippen LogP contribution in [0, 0.1) is 10.1 Å². The lowest BCUT2D eigenvalue weighted by molar-refractivity contribution is -0.384. The SMILES string of the molecule is CCCCCCCC/C=C/c1ccc([N+](=O)[O-])cc1. The first-order valence-electron chi connectivity index (χ1n) is 7.15. The van der Waals surface area contributed by atoms with Gasteiger partial charge in [0, 0.05) is 12.1 Å². The number of allylic oxidation sites excluding steroid dienone is 1. The van der Waals surface area contributed by atoms with Crippen LogP contribution in [0.2, 0.25) is 0 Å². The number of hydrogen-bond acceptors (Lipinski definition) is 2. The van der Waals surface area contributed by atoms with Crippen molar-refractivity contribution >= 4 is 11.8 Å². The van der Waals surface area contributed by atoms with Crippen molar-refractivity contribution in [3.63, 3.8) is 0 Å². The van der Waals surface area contributed by atoms with Gasteiger partial charge in [0.15, 0.2) is 0 Å². The molecule has 0 spiro atoms. The third kappa shape index (κ3) is 6.75. The van der Waals surface area contributed by atoms with Crippen LogP contribution in [-0.2, 0) is 0 Å². The van der Waals surface area contributed by atoms with E-state index in [1.54, 1.807) is 24.3 Å². The first-order valence-corrected chi connectivity index (χ1v) is 7.15. The number of non-ortho nitro benzene ring substituents is 1. The Hall–Kier alpha value is -1.64. The molecule has 1 aromatic rings. The Kier molecular flexibility index (Phi) is 7.56. The Morgan fingerprint density at radius 2 is 1.68 bits per heavy atom. The Morgan fingerprint density at radius 3 is 2.32 bits per heavy atom. The Balaban J connectivity index is 2.20. The van der Waals surface area contributed by atoms with E-state index in [-0.39, 0.29) is 10.6 Å². The van der Waals surface area contributed by atoms with Crippen molar-refractivity contribution in [1.29, 1.82) is 0 Å². The number of nitrogens with zero attached hydrogens (tertiary/aromatic N) is 1. The van der Waals surface area contributed by atoms with Gasteiger partial charge in [-0.15, -0.1) is 0 Å². The summed E-state index contributed by atoms with van der Waals surface area (Å²) >= 11 is 0. The van der Waals surface area contributed by atoms with Crippen molar-refractivity contribution in [2.45, 2.75) is 51.9 Å². The van der Waals surface area contributed by atoms with Crippen LogP contribution in [0.5, 0.6) is 0 Å². The van der Waals surface area contributed by atoms with E-state index in [4.69, 9.17) is 0 Å². The van der Waals surface area contributed by atoms with Crippen molar-refractivity contribution < 1.29 is 4.92 Å². The number of hydrogen-bond donors (Lipinski definition) is 0. The van der Waals surface area contributed by atoms with Crippen LogP contribution in [0.4, 0.5) is 5.69 Å². The normalized spacial score (nSPS) is 11.0. The lowest BCUT2D eigenvalue weighted by Crippen LogP contribution is -1.86. The Bertz CT molecular complexity index is 396. The van der Waals surface area contributed by atoms with E-state index in [1.165, 1.54) is 38.5 Å². The van der Waals surface area contributed by atoms with Gasteiger partial charge in [-0.3, -0.25) is 10.1 Å².